The van der Waals surface area contributed by atoms with E-state index < -0.39 is 0 Å². The first kappa shape index (κ1) is 20.7. The second-order valence-electron chi connectivity index (χ2n) is 4.31. The van der Waals surface area contributed by atoms with Crippen molar-refractivity contribution in [3.05, 3.63) is 46.8 Å². The Morgan fingerprint density at radius 3 is 2.32 bits per heavy atom. The quantitative estimate of drug-likeness (QED) is 0.857. The van der Waals surface area contributed by atoms with Gasteiger partial charge in [0.25, 0.3) is 0 Å². The zero-order valence-corrected chi connectivity index (χ0v) is 14.9. The molecule has 0 aliphatic heterocycles. The monoisotopic (exact) mass is 324 g/mol. The third-order valence-electron chi connectivity index (χ3n) is 3.03. The normalized spacial score (nSPS) is 9.73. The van der Waals surface area contributed by atoms with Crippen molar-refractivity contribution < 1.29 is 4.42 Å². The van der Waals surface area contributed by atoms with Crippen LogP contribution >= 0.6 is 11.8 Å². The first-order valence-corrected chi connectivity index (χ1v) is 8.88. The number of rotatable bonds is 5. The van der Waals surface area contributed by atoms with E-state index in [2.05, 4.69) is 30.7 Å². The first-order chi connectivity index (χ1) is 10.7. The summed E-state index contributed by atoms with van der Waals surface area (Å²) >= 11 is 1.92. The molecule has 2 N–H and O–H groups in total. The topological polar surface area (TPSA) is 59.5 Å². The Bertz CT molecular complexity index is 553. The molecule has 0 saturated carbocycles. The number of fused-ring (bicyclic) bond motifs is 1. The summed E-state index contributed by atoms with van der Waals surface area (Å²) in [6.07, 6.45) is 2.16. The van der Waals surface area contributed by atoms with Crippen molar-refractivity contribution in [1.82, 2.24) is 4.90 Å². The molecule has 0 bridgehead atoms. The highest BCUT2D eigenvalue weighted by molar-refractivity contribution is 7.98. The molecule has 0 unspecified atom stereocenters. The van der Waals surface area contributed by atoms with Crippen LogP contribution in [-0.4, -0.2) is 43.6 Å². The lowest BCUT2D eigenvalue weighted by atomic mass is 10.2. The lowest BCUT2D eigenvalue weighted by Gasteiger charge is -2.16. The smallest absolute Gasteiger partial charge is 0.336 e. The highest BCUT2D eigenvalue weighted by Gasteiger charge is 1.95. The van der Waals surface area contributed by atoms with Gasteiger partial charge in [0, 0.05) is 23.8 Å². The van der Waals surface area contributed by atoms with E-state index in [9.17, 15) is 4.79 Å². The number of hydrogen-bond acceptors (Lipinski definition) is 5. The van der Waals surface area contributed by atoms with Gasteiger partial charge >= 0.3 is 5.63 Å². The fourth-order valence-corrected chi connectivity index (χ4v) is 2.21. The Hall–Kier alpha value is -1.30. The van der Waals surface area contributed by atoms with Crippen LogP contribution in [0.4, 0.5) is 0 Å². The maximum Gasteiger partial charge on any atom is 0.336 e. The molecule has 1 aromatic carbocycles. The van der Waals surface area contributed by atoms with Gasteiger partial charge in [-0.25, -0.2) is 4.79 Å². The Morgan fingerprint density at radius 2 is 1.73 bits per heavy atom. The predicted octanol–water partition coefficient (Wildman–Crippen LogP) is 3.06. The standard InChI is InChI=1S/C9H6O2.C7H17NS.CH5N/c10-9-6-5-7-3-1-2-4-8(7)11-9;1-4-8(5-2)6-7-9-3;1-2/h1-6H;4-7H2,1-3H3;2H2,1H3. The maximum absolute atomic E-state index is 10.7. The van der Waals surface area contributed by atoms with E-state index in [1.54, 1.807) is 12.1 Å². The van der Waals surface area contributed by atoms with Gasteiger partial charge in [-0.2, -0.15) is 11.8 Å². The molecular weight excluding hydrogens is 296 g/mol. The van der Waals surface area contributed by atoms with Gasteiger partial charge in [-0.05, 0) is 38.5 Å². The Labute approximate surface area is 137 Å². The molecule has 0 atom stereocenters. The van der Waals surface area contributed by atoms with Crippen LogP contribution in [0.2, 0.25) is 0 Å². The minimum Gasteiger partial charge on any atom is -0.423 e. The van der Waals surface area contributed by atoms with Crippen LogP contribution in [0.1, 0.15) is 13.8 Å². The Kier molecular flexibility index (Phi) is 12.6. The van der Waals surface area contributed by atoms with Gasteiger partial charge in [0.05, 0.1) is 0 Å². The van der Waals surface area contributed by atoms with Crippen molar-refractivity contribution in [3.8, 4) is 0 Å². The predicted molar refractivity (Wildman–Crippen MR) is 98.8 cm³/mol. The lowest BCUT2D eigenvalue weighted by molar-refractivity contribution is 0.324. The third-order valence-corrected chi connectivity index (χ3v) is 3.63. The zero-order chi connectivity index (χ0) is 16.8. The van der Waals surface area contributed by atoms with Crippen molar-refractivity contribution >= 4 is 22.7 Å². The van der Waals surface area contributed by atoms with E-state index in [4.69, 9.17) is 4.42 Å². The average molecular weight is 324 g/mol. The van der Waals surface area contributed by atoms with Crippen LogP contribution < -0.4 is 11.4 Å². The largest absolute Gasteiger partial charge is 0.423 e. The van der Waals surface area contributed by atoms with Gasteiger partial charge in [0.1, 0.15) is 5.58 Å². The fraction of sp³-hybridized carbons (Fsp3) is 0.471. The number of hydrogen-bond donors (Lipinski definition) is 1. The minimum absolute atomic E-state index is 0.302. The van der Waals surface area contributed by atoms with Gasteiger partial charge in [-0.15, -0.1) is 0 Å². The van der Waals surface area contributed by atoms with Crippen LogP contribution in [0.15, 0.2) is 45.6 Å². The fourth-order valence-electron chi connectivity index (χ4n) is 1.77. The van der Waals surface area contributed by atoms with Crippen molar-refractivity contribution in [2.75, 3.05) is 38.7 Å². The molecule has 22 heavy (non-hydrogen) atoms. The van der Waals surface area contributed by atoms with Crippen molar-refractivity contribution in [2.45, 2.75) is 13.8 Å². The molecule has 2 aromatic rings. The summed E-state index contributed by atoms with van der Waals surface area (Å²) < 4.78 is 4.91. The van der Waals surface area contributed by atoms with Gasteiger partial charge in [-0.1, -0.05) is 32.0 Å². The number of nitrogens with two attached hydrogens (primary N) is 1. The van der Waals surface area contributed by atoms with Crippen LogP contribution in [0, 0.1) is 0 Å². The van der Waals surface area contributed by atoms with Gasteiger partial charge in [0.2, 0.25) is 0 Å². The number of nitrogens with zero attached hydrogens (tertiary/aromatic N) is 1. The summed E-state index contributed by atoms with van der Waals surface area (Å²) in [6, 6.07) is 10.6. The van der Waals surface area contributed by atoms with E-state index in [0.29, 0.717) is 5.58 Å². The van der Waals surface area contributed by atoms with E-state index in [-0.39, 0.29) is 5.63 Å². The first-order valence-electron chi connectivity index (χ1n) is 7.49. The maximum atomic E-state index is 10.7. The SMILES string of the molecule is CCN(CC)CCSC.CN.O=c1ccc2ccccc2o1. The van der Waals surface area contributed by atoms with Crippen LogP contribution in [0.25, 0.3) is 11.0 Å². The molecule has 0 aliphatic rings. The summed E-state index contributed by atoms with van der Waals surface area (Å²) in [5, 5.41) is 0.951. The molecule has 0 amide bonds. The second kappa shape index (κ2) is 13.4. The zero-order valence-electron chi connectivity index (χ0n) is 14.0. The van der Waals surface area contributed by atoms with E-state index in [1.807, 2.05) is 30.0 Å². The Morgan fingerprint density at radius 1 is 1.09 bits per heavy atom. The van der Waals surface area contributed by atoms with Crippen molar-refractivity contribution in [3.63, 3.8) is 0 Å². The molecule has 4 nitrogen and oxygen atoms in total. The van der Waals surface area contributed by atoms with Gasteiger partial charge in [0.15, 0.2) is 0 Å². The summed E-state index contributed by atoms with van der Waals surface area (Å²) in [4.78, 5) is 13.2. The molecular formula is C17H28N2O2S. The molecule has 124 valence electrons. The minimum atomic E-state index is -0.302. The summed E-state index contributed by atoms with van der Waals surface area (Å²) in [6.45, 7) is 8.05. The molecule has 0 radical (unpaired) electrons. The highest BCUT2D eigenvalue weighted by Crippen LogP contribution is 2.08. The molecule has 0 fully saturated rings. The van der Waals surface area contributed by atoms with Crippen molar-refractivity contribution in [1.29, 1.82) is 0 Å². The number of benzene rings is 1. The van der Waals surface area contributed by atoms with Crippen LogP contribution in [-0.2, 0) is 0 Å². The average Bonchev–Trinajstić information content (AvgIpc) is 2.58. The van der Waals surface area contributed by atoms with Crippen LogP contribution in [0.5, 0.6) is 0 Å². The highest BCUT2D eigenvalue weighted by atomic mass is 32.2. The van der Waals surface area contributed by atoms with Crippen molar-refractivity contribution in [2.24, 2.45) is 5.73 Å². The third kappa shape index (κ3) is 8.22. The summed E-state index contributed by atoms with van der Waals surface area (Å²) in [5.74, 6) is 1.27. The number of thioether (sulfide) groups is 1. The summed E-state index contributed by atoms with van der Waals surface area (Å²) in [5.41, 5.74) is 4.84. The molecule has 0 saturated heterocycles. The molecule has 0 aliphatic carbocycles. The van der Waals surface area contributed by atoms with Gasteiger partial charge in [-0.3, -0.25) is 0 Å². The molecule has 2 rings (SSSR count). The molecule has 0 spiro atoms. The second-order valence-corrected chi connectivity index (χ2v) is 5.30. The van der Waals surface area contributed by atoms with Gasteiger partial charge < -0.3 is 15.1 Å². The summed E-state index contributed by atoms with van der Waals surface area (Å²) in [7, 11) is 1.50. The Balaban J connectivity index is 0.000000369. The van der Waals surface area contributed by atoms with Crippen LogP contribution in [0.3, 0.4) is 0 Å². The molecule has 1 aromatic heterocycles. The van der Waals surface area contributed by atoms with E-state index in [0.717, 1.165) is 5.39 Å². The molecule has 5 heteroatoms. The molecule has 1 heterocycles. The van der Waals surface area contributed by atoms with E-state index >= 15 is 0 Å². The van der Waals surface area contributed by atoms with E-state index in [1.165, 1.54) is 38.5 Å². The number of para-hydroxylation sites is 1. The lowest BCUT2D eigenvalue weighted by Crippen LogP contribution is -2.25.